The minimum atomic E-state index is -0.334. The lowest BCUT2D eigenvalue weighted by Gasteiger charge is -2.31. The standard InChI is InChI=1S/C17H21N3O/c1-16(2,3)20-14-7-6-12(11-18)10-13(14)19-15(20)17(4)8-5-9-21-17/h6-7,10H,5,8-9H2,1-4H3. The normalized spacial score (nSPS) is 22.6. The number of rotatable bonds is 1. The molecule has 110 valence electrons. The molecule has 1 aromatic carbocycles. The molecule has 0 spiro atoms. The van der Waals surface area contributed by atoms with Gasteiger partial charge in [0.1, 0.15) is 11.4 Å². The minimum Gasteiger partial charge on any atom is -0.367 e. The highest BCUT2D eigenvalue weighted by atomic mass is 16.5. The molecule has 0 radical (unpaired) electrons. The lowest BCUT2D eigenvalue weighted by molar-refractivity contribution is 0.00421. The molecular weight excluding hydrogens is 262 g/mol. The van der Waals surface area contributed by atoms with Crippen LogP contribution in [0.25, 0.3) is 11.0 Å². The molecule has 21 heavy (non-hydrogen) atoms. The molecule has 1 aliphatic rings. The maximum absolute atomic E-state index is 9.09. The summed E-state index contributed by atoms with van der Waals surface area (Å²) in [6.45, 7) is 9.43. The van der Waals surface area contributed by atoms with Gasteiger partial charge in [0.05, 0.1) is 22.7 Å². The second kappa shape index (κ2) is 4.57. The van der Waals surface area contributed by atoms with Gasteiger partial charge < -0.3 is 9.30 Å². The first-order chi connectivity index (χ1) is 9.85. The Kier molecular flexibility index (Phi) is 3.07. The van der Waals surface area contributed by atoms with Crippen LogP contribution in [-0.2, 0) is 15.9 Å². The van der Waals surface area contributed by atoms with Crippen molar-refractivity contribution >= 4 is 11.0 Å². The zero-order chi connectivity index (χ0) is 15.3. The predicted octanol–water partition coefficient (Wildman–Crippen LogP) is 3.69. The van der Waals surface area contributed by atoms with Crippen molar-refractivity contribution in [2.24, 2.45) is 0 Å². The molecular formula is C17H21N3O. The van der Waals surface area contributed by atoms with Crippen molar-refractivity contribution in [1.29, 1.82) is 5.26 Å². The second-order valence-corrected chi connectivity index (χ2v) is 6.94. The van der Waals surface area contributed by atoms with Crippen molar-refractivity contribution in [3.05, 3.63) is 29.6 Å². The molecule has 4 nitrogen and oxygen atoms in total. The Morgan fingerprint density at radius 1 is 1.38 bits per heavy atom. The van der Waals surface area contributed by atoms with E-state index in [1.165, 1.54) is 0 Å². The fraction of sp³-hybridized carbons (Fsp3) is 0.529. The average Bonchev–Trinajstić information content (AvgIpc) is 3.01. The highest BCUT2D eigenvalue weighted by Crippen LogP contribution is 2.39. The number of nitrogens with zero attached hydrogens (tertiary/aromatic N) is 3. The van der Waals surface area contributed by atoms with E-state index in [1.807, 2.05) is 18.2 Å². The third-order valence-corrected chi connectivity index (χ3v) is 4.15. The zero-order valence-corrected chi connectivity index (χ0v) is 13.1. The lowest BCUT2D eigenvalue weighted by atomic mass is 9.99. The number of hydrogen-bond donors (Lipinski definition) is 0. The summed E-state index contributed by atoms with van der Waals surface area (Å²) in [6, 6.07) is 7.89. The van der Waals surface area contributed by atoms with Crippen LogP contribution in [0.15, 0.2) is 18.2 Å². The van der Waals surface area contributed by atoms with Crippen LogP contribution in [-0.4, -0.2) is 16.2 Å². The molecule has 1 saturated heterocycles. The van der Waals surface area contributed by atoms with Crippen LogP contribution in [0.5, 0.6) is 0 Å². The number of imidazole rings is 1. The maximum Gasteiger partial charge on any atom is 0.142 e. The Morgan fingerprint density at radius 2 is 2.14 bits per heavy atom. The van der Waals surface area contributed by atoms with E-state index < -0.39 is 0 Å². The van der Waals surface area contributed by atoms with E-state index in [0.29, 0.717) is 5.56 Å². The second-order valence-electron chi connectivity index (χ2n) is 6.94. The number of ether oxygens (including phenoxy) is 1. The first kappa shape index (κ1) is 14.1. The lowest BCUT2D eigenvalue weighted by Crippen LogP contribution is -2.32. The summed E-state index contributed by atoms with van der Waals surface area (Å²) in [6.07, 6.45) is 2.05. The Bertz CT molecular complexity index is 725. The van der Waals surface area contributed by atoms with Gasteiger partial charge in [-0.25, -0.2) is 4.98 Å². The van der Waals surface area contributed by atoms with Gasteiger partial charge in [0.15, 0.2) is 0 Å². The van der Waals surface area contributed by atoms with Gasteiger partial charge in [0.25, 0.3) is 0 Å². The van der Waals surface area contributed by atoms with Crippen molar-refractivity contribution in [2.45, 2.75) is 51.7 Å². The van der Waals surface area contributed by atoms with E-state index in [-0.39, 0.29) is 11.1 Å². The Balaban J connectivity index is 2.30. The third-order valence-electron chi connectivity index (χ3n) is 4.15. The van der Waals surface area contributed by atoms with Gasteiger partial charge in [-0.3, -0.25) is 0 Å². The van der Waals surface area contributed by atoms with Gasteiger partial charge in [-0.2, -0.15) is 5.26 Å². The van der Waals surface area contributed by atoms with Crippen LogP contribution in [0.3, 0.4) is 0 Å². The Hall–Kier alpha value is -1.86. The Morgan fingerprint density at radius 3 is 2.71 bits per heavy atom. The van der Waals surface area contributed by atoms with Crippen molar-refractivity contribution in [2.75, 3.05) is 6.61 Å². The quantitative estimate of drug-likeness (QED) is 0.802. The molecule has 0 N–H and O–H groups in total. The van der Waals surface area contributed by atoms with Crippen LogP contribution >= 0.6 is 0 Å². The summed E-state index contributed by atoms with van der Waals surface area (Å²) in [5, 5.41) is 9.09. The molecule has 2 aromatic rings. The molecule has 0 aliphatic carbocycles. The van der Waals surface area contributed by atoms with Gasteiger partial charge in [-0.15, -0.1) is 0 Å². The van der Waals surface area contributed by atoms with Gasteiger partial charge in [-0.1, -0.05) is 0 Å². The van der Waals surface area contributed by atoms with E-state index in [1.54, 1.807) is 0 Å². The summed E-state index contributed by atoms with van der Waals surface area (Å²) in [5.41, 5.74) is 2.15. The molecule has 1 fully saturated rings. The topological polar surface area (TPSA) is 50.8 Å². The van der Waals surface area contributed by atoms with E-state index in [2.05, 4.69) is 38.3 Å². The number of nitriles is 1. The number of benzene rings is 1. The van der Waals surface area contributed by atoms with E-state index in [4.69, 9.17) is 15.0 Å². The average molecular weight is 283 g/mol. The fourth-order valence-electron chi connectivity index (χ4n) is 3.14. The van der Waals surface area contributed by atoms with E-state index >= 15 is 0 Å². The molecule has 1 aromatic heterocycles. The van der Waals surface area contributed by atoms with Crippen LogP contribution < -0.4 is 0 Å². The first-order valence-electron chi connectivity index (χ1n) is 7.43. The van der Waals surface area contributed by atoms with E-state index in [0.717, 1.165) is 36.3 Å². The number of fused-ring (bicyclic) bond motifs is 1. The van der Waals surface area contributed by atoms with Crippen molar-refractivity contribution in [1.82, 2.24) is 9.55 Å². The van der Waals surface area contributed by atoms with Crippen molar-refractivity contribution in [3.63, 3.8) is 0 Å². The molecule has 3 rings (SSSR count). The molecule has 1 atom stereocenters. The summed E-state index contributed by atoms with van der Waals surface area (Å²) < 4.78 is 8.26. The highest BCUT2D eigenvalue weighted by molar-refractivity contribution is 5.78. The molecule has 0 amide bonds. The smallest absolute Gasteiger partial charge is 0.142 e. The molecule has 0 bridgehead atoms. The predicted molar refractivity (Wildman–Crippen MR) is 82.0 cm³/mol. The number of hydrogen-bond acceptors (Lipinski definition) is 3. The summed E-state index contributed by atoms with van der Waals surface area (Å²) in [7, 11) is 0. The monoisotopic (exact) mass is 283 g/mol. The van der Waals surface area contributed by atoms with Crippen molar-refractivity contribution < 1.29 is 4.74 Å². The molecule has 1 aliphatic heterocycles. The Labute approximate surface area is 125 Å². The van der Waals surface area contributed by atoms with Crippen LogP contribution in [0, 0.1) is 11.3 Å². The summed E-state index contributed by atoms with van der Waals surface area (Å²) in [5.74, 6) is 0.970. The van der Waals surface area contributed by atoms with Crippen molar-refractivity contribution in [3.8, 4) is 6.07 Å². The molecule has 0 saturated carbocycles. The minimum absolute atomic E-state index is 0.0901. The van der Waals surface area contributed by atoms with E-state index in [9.17, 15) is 0 Å². The van der Waals surface area contributed by atoms with Crippen LogP contribution in [0.4, 0.5) is 0 Å². The van der Waals surface area contributed by atoms with Gasteiger partial charge in [-0.05, 0) is 58.7 Å². The maximum atomic E-state index is 9.09. The highest BCUT2D eigenvalue weighted by Gasteiger charge is 2.39. The zero-order valence-electron chi connectivity index (χ0n) is 13.1. The largest absolute Gasteiger partial charge is 0.367 e. The van der Waals surface area contributed by atoms with Gasteiger partial charge >= 0.3 is 0 Å². The van der Waals surface area contributed by atoms with Gasteiger partial charge in [0, 0.05) is 12.1 Å². The summed E-state index contributed by atoms with van der Waals surface area (Å²) in [4.78, 5) is 4.83. The van der Waals surface area contributed by atoms with Gasteiger partial charge in [0.2, 0.25) is 0 Å². The molecule has 4 heteroatoms. The first-order valence-corrected chi connectivity index (χ1v) is 7.43. The number of aromatic nitrogens is 2. The van der Waals surface area contributed by atoms with Crippen LogP contribution in [0.1, 0.15) is 51.9 Å². The third kappa shape index (κ3) is 2.22. The van der Waals surface area contributed by atoms with Crippen LogP contribution in [0.2, 0.25) is 0 Å². The molecule has 2 heterocycles. The summed E-state index contributed by atoms with van der Waals surface area (Å²) >= 11 is 0. The SMILES string of the molecule is CC1(c2nc3cc(C#N)ccc3n2C(C)(C)C)CCCO1. The molecule has 1 unspecified atom stereocenters. The fourth-order valence-corrected chi connectivity index (χ4v) is 3.14.